The van der Waals surface area contributed by atoms with Gasteiger partial charge in [0.05, 0.1) is 0 Å². The van der Waals surface area contributed by atoms with Crippen molar-refractivity contribution in [3.8, 4) is 11.4 Å². The monoisotopic (exact) mass is 356 g/mol. The topological polar surface area (TPSA) is 87.4 Å². The first-order chi connectivity index (χ1) is 12.6. The number of carbonyl (C=O) groups excluding carboxylic acids is 1. The van der Waals surface area contributed by atoms with Crippen LogP contribution in [0.2, 0.25) is 0 Å². The first-order valence-corrected chi connectivity index (χ1v) is 8.77. The molecule has 1 aliphatic heterocycles. The van der Waals surface area contributed by atoms with Gasteiger partial charge in [-0.3, -0.25) is 0 Å². The number of carbonyl (C=O) groups is 1. The lowest BCUT2D eigenvalue weighted by molar-refractivity contribution is 0.195. The van der Waals surface area contributed by atoms with Gasteiger partial charge < -0.3 is 19.6 Å². The van der Waals surface area contributed by atoms with Crippen LogP contribution < -0.4 is 10.2 Å². The number of urea groups is 1. The van der Waals surface area contributed by atoms with E-state index >= 15 is 0 Å². The summed E-state index contributed by atoms with van der Waals surface area (Å²) in [6, 6.07) is 3.85. The highest BCUT2D eigenvalue weighted by molar-refractivity contribution is 5.74. The van der Waals surface area contributed by atoms with Crippen molar-refractivity contribution >= 4 is 11.8 Å². The van der Waals surface area contributed by atoms with E-state index < -0.39 is 0 Å². The summed E-state index contributed by atoms with van der Waals surface area (Å²) in [6.45, 7) is 10.9. The molecule has 138 valence electrons. The van der Waals surface area contributed by atoms with E-state index in [0.29, 0.717) is 31.3 Å². The molecule has 0 aliphatic carbocycles. The van der Waals surface area contributed by atoms with Crippen LogP contribution in [0.1, 0.15) is 25.7 Å². The maximum absolute atomic E-state index is 12.0. The number of pyridine rings is 1. The van der Waals surface area contributed by atoms with Crippen LogP contribution in [0.15, 0.2) is 35.5 Å². The Morgan fingerprint density at radius 2 is 2.12 bits per heavy atom. The number of nitrogens with zero attached hydrogens (tertiary/aromatic N) is 5. The van der Waals surface area contributed by atoms with Crippen molar-refractivity contribution in [2.75, 3.05) is 37.6 Å². The molecule has 1 aliphatic rings. The summed E-state index contributed by atoms with van der Waals surface area (Å²) in [4.78, 5) is 24.8. The summed E-state index contributed by atoms with van der Waals surface area (Å²) in [5.74, 6) is 2.25. The fourth-order valence-corrected chi connectivity index (χ4v) is 2.70. The Morgan fingerprint density at radius 3 is 2.69 bits per heavy atom. The lowest BCUT2D eigenvalue weighted by Gasteiger charge is -2.35. The van der Waals surface area contributed by atoms with Gasteiger partial charge in [0.15, 0.2) is 0 Å². The molecule has 0 unspecified atom stereocenters. The molecule has 8 heteroatoms. The molecule has 0 spiro atoms. The van der Waals surface area contributed by atoms with Gasteiger partial charge in [0, 0.05) is 50.4 Å². The first-order valence-electron chi connectivity index (χ1n) is 8.77. The van der Waals surface area contributed by atoms with E-state index in [2.05, 4.69) is 31.9 Å². The molecule has 2 aromatic heterocycles. The first kappa shape index (κ1) is 17.9. The van der Waals surface area contributed by atoms with Crippen LogP contribution in [-0.2, 0) is 0 Å². The zero-order valence-electron chi connectivity index (χ0n) is 15.2. The van der Waals surface area contributed by atoms with Crippen molar-refractivity contribution in [2.45, 2.75) is 19.8 Å². The van der Waals surface area contributed by atoms with Crippen LogP contribution in [0.4, 0.5) is 10.6 Å². The summed E-state index contributed by atoms with van der Waals surface area (Å²) in [6.07, 6.45) is 3.43. The summed E-state index contributed by atoms with van der Waals surface area (Å²) in [5, 5.41) is 6.81. The Morgan fingerprint density at radius 1 is 1.35 bits per heavy atom. The average Bonchev–Trinajstić information content (AvgIpc) is 3.17. The number of piperazine rings is 1. The molecule has 0 aromatic carbocycles. The van der Waals surface area contributed by atoms with Crippen LogP contribution in [0.5, 0.6) is 0 Å². The van der Waals surface area contributed by atoms with Gasteiger partial charge in [0.2, 0.25) is 11.7 Å². The number of nitrogens with one attached hydrogen (secondary N) is 1. The van der Waals surface area contributed by atoms with Gasteiger partial charge in [-0.15, -0.1) is 6.58 Å². The van der Waals surface area contributed by atoms with Gasteiger partial charge in [-0.25, -0.2) is 9.78 Å². The van der Waals surface area contributed by atoms with Crippen molar-refractivity contribution in [1.29, 1.82) is 0 Å². The van der Waals surface area contributed by atoms with Crippen molar-refractivity contribution < 1.29 is 9.32 Å². The summed E-state index contributed by atoms with van der Waals surface area (Å²) >= 11 is 0. The van der Waals surface area contributed by atoms with Gasteiger partial charge in [-0.1, -0.05) is 25.1 Å². The second-order valence-corrected chi connectivity index (χ2v) is 6.46. The fraction of sp³-hybridized carbons (Fsp3) is 0.444. The summed E-state index contributed by atoms with van der Waals surface area (Å²) in [7, 11) is 0. The summed E-state index contributed by atoms with van der Waals surface area (Å²) < 4.78 is 5.24. The molecule has 2 amide bonds. The second kappa shape index (κ2) is 7.99. The van der Waals surface area contributed by atoms with Crippen molar-refractivity contribution in [3.63, 3.8) is 0 Å². The zero-order valence-corrected chi connectivity index (χ0v) is 15.2. The predicted octanol–water partition coefficient (Wildman–Crippen LogP) is 2.27. The molecule has 1 saturated heterocycles. The third kappa shape index (κ3) is 4.01. The predicted molar refractivity (Wildman–Crippen MR) is 99.0 cm³/mol. The Bertz CT molecular complexity index is 747. The van der Waals surface area contributed by atoms with Gasteiger partial charge in [0.25, 0.3) is 0 Å². The largest absolute Gasteiger partial charge is 0.353 e. The maximum atomic E-state index is 12.0. The number of hydrogen-bond acceptors (Lipinski definition) is 6. The maximum Gasteiger partial charge on any atom is 0.317 e. The van der Waals surface area contributed by atoms with E-state index in [-0.39, 0.29) is 11.9 Å². The SMILES string of the molecule is C=CCNC(=O)N1CCN(c2ccc(-c3noc(C(C)C)n3)cn2)CC1. The quantitative estimate of drug-likeness (QED) is 0.827. The summed E-state index contributed by atoms with van der Waals surface area (Å²) in [5.41, 5.74) is 0.826. The molecule has 2 aromatic rings. The molecule has 8 nitrogen and oxygen atoms in total. The Kier molecular flexibility index (Phi) is 5.50. The average molecular weight is 356 g/mol. The number of anilines is 1. The minimum absolute atomic E-state index is 0.0501. The molecule has 26 heavy (non-hydrogen) atoms. The highest BCUT2D eigenvalue weighted by Gasteiger charge is 2.21. The minimum atomic E-state index is -0.0501. The normalized spacial score (nSPS) is 14.6. The van der Waals surface area contributed by atoms with E-state index in [1.54, 1.807) is 17.2 Å². The third-order valence-electron chi connectivity index (χ3n) is 4.23. The van der Waals surface area contributed by atoms with Crippen LogP contribution in [0, 0.1) is 0 Å². The van der Waals surface area contributed by atoms with Gasteiger partial charge in [-0.2, -0.15) is 4.98 Å². The van der Waals surface area contributed by atoms with Crippen molar-refractivity contribution in [2.24, 2.45) is 0 Å². The van der Waals surface area contributed by atoms with E-state index in [9.17, 15) is 4.79 Å². The molecule has 3 rings (SSSR count). The minimum Gasteiger partial charge on any atom is -0.353 e. The molecule has 0 atom stereocenters. The van der Waals surface area contributed by atoms with Gasteiger partial charge in [-0.05, 0) is 12.1 Å². The van der Waals surface area contributed by atoms with Gasteiger partial charge >= 0.3 is 6.03 Å². The Balaban J connectivity index is 1.59. The Hall–Kier alpha value is -2.90. The third-order valence-corrected chi connectivity index (χ3v) is 4.23. The van der Waals surface area contributed by atoms with E-state index in [4.69, 9.17) is 4.52 Å². The highest BCUT2D eigenvalue weighted by Crippen LogP contribution is 2.21. The van der Waals surface area contributed by atoms with Crippen LogP contribution in [0.3, 0.4) is 0 Å². The molecule has 1 N–H and O–H groups in total. The molecule has 0 bridgehead atoms. The van der Waals surface area contributed by atoms with Crippen molar-refractivity contribution in [1.82, 2.24) is 25.3 Å². The number of rotatable bonds is 5. The standard InChI is InChI=1S/C18H24N6O2/c1-4-7-19-18(25)24-10-8-23(9-11-24)15-6-5-14(12-20-15)16-21-17(13(2)3)26-22-16/h4-6,12-13H,1,7-11H2,2-3H3,(H,19,25). The number of hydrogen-bond donors (Lipinski definition) is 1. The van der Waals surface area contributed by atoms with E-state index in [1.165, 1.54) is 0 Å². The van der Waals surface area contributed by atoms with E-state index in [1.807, 2.05) is 26.0 Å². The van der Waals surface area contributed by atoms with Gasteiger partial charge in [0.1, 0.15) is 5.82 Å². The molecular weight excluding hydrogens is 332 g/mol. The molecule has 1 fully saturated rings. The lowest BCUT2D eigenvalue weighted by Crippen LogP contribution is -2.52. The Labute approximate surface area is 152 Å². The molecule has 3 heterocycles. The van der Waals surface area contributed by atoms with Crippen LogP contribution in [0.25, 0.3) is 11.4 Å². The molecular formula is C18H24N6O2. The number of aromatic nitrogens is 3. The van der Waals surface area contributed by atoms with Crippen LogP contribution >= 0.6 is 0 Å². The number of amides is 2. The zero-order chi connectivity index (χ0) is 18.5. The lowest BCUT2D eigenvalue weighted by atomic mass is 10.2. The highest BCUT2D eigenvalue weighted by atomic mass is 16.5. The molecule has 0 radical (unpaired) electrons. The smallest absolute Gasteiger partial charge is 0.317 e. The molecule has 0 saturated carbocycles. The van der Waals surface area contributed by atoms with Crippen LogP contribution in [-0.4, -0.2) is 58.8 Å². The second-order valence-electron chi connectivity index (χ2n) is 6.46. The van der Waals surface area contributed by atoms with Crippen molar-refractivity contribution in [3.05, 3.63) is 36.9 Å². The van der Waals surface area contributed by atoms with E-state index in [0.717, 1.165) is 24.5 Å². The fourth-order valence-electron chi connectivity index (χ4n) is 2.70.